The van der Waals surface area contributed by atoms with Crippen LogP contribution in [-0.2, 0) is 0 Å². The van der Waals surface area contributed by atoms with E-state index in [2.05, 4.69) is 9.97 Å². The van der Waals surface area contributed by atoms with Gasteiger partial charge in [0.05, 0.1) is 11.1 Å². The zero-order valence-corrected chi connectivity index (χ0v) is 15.5. The molecule has 150 valence electrons. The first-order valence-electron chi connectivity index (χ1n) is 8.84. The first-order valence-corrected chi connectivity index (χ1v) is 8.84. The number of aromatic nitrogens is 2. The number of aliphatic hydroxyl groups excluding tert-OH is 1. The summed E-state index contributed by atoms with van der Waals surface area (Å²) in [4.78, 5) is 20.8. The van der Waals surface area contributed by atoms with Crippen LogP contribution in [0.25, 0.3) is 17.5 Å². The average Bonchev–Trinajstić information content (AvgIpc) is 2.70. The van der Waals surface area contributed by atoms with Gasteiger partial charge in [-0.15, -0.1) is 0 Å². The molecule has 0 aliphatic heterocycles. The highest BCUT2D eigenvalue weighted by Gasteiger charge is 2.14. The molecule has 0 fully saturated rings. The van der Waals surface area contributed by atoms with Crippen molar-refractivity contribution in [3.05, 3.63) is 53.2 Å². The molecule has 0 spiro atoms. The number of aliphatic hydroxyl groups is 1. The number of halogens is 3. The number of carbonyl (C=O) groups excluding carboxylic acids is 1. The molecule has 28 heavy (non-hydrogen) atoms. The van der Waals surface area contributed by atoms with E-state index in [9.17, 15) is 18.0 Å². The summed E-state index contributed by atoms with van der Waals surface area (Å²) < 4.78 is 39.6. The SMILES string of the molecule is CN(/C=C\c1cc(-c2ncc(C(F)F)cn2)c(F)cc1C=O)CCCCCO. The van der Waals surface area contributed by atoms with Crippen LogP contribution in [0.2, 0.25) is 0 Å². The van der Waals surface area contributed by atoms with Crippen molar-refractivity contribution < 1.29 is 23.1 Å². The minimum absolute atomic E-state index is 0.0247. The van der Waals surface area contributed by atoms with Crippen LogP contribution in [0.15, 0.2) is 30.7 Å². The van der Waals surface area contributed by atoms with E-state index in [1.807, 2.05) is 11.9 Å². The lowest BCUT2D eigenvalue weighted by molar-refractivity contribution is 0.112. The number of aldehydes is 1. The lowest BCUT2D eigenvalue weighted by Gasteiger charge is -2.14. The van der Waals surface area contributed by atoms with Gasteiger partial charge in [-0.05, 0) is 49.2 Å². The first kappa shape index (κ1) is 21.6. The summed E-state index contributed by atoms with van der Waals surface area (Å²) >= 11 is 0. The average molecular weight is 393 g/mol. The van der Waals surface area contributed by atoms with Gasteiger partial charge in [0.15, 0.2) is 12.1 Å². The lowest BCUT2D eigenvalue weighted by Crippen LogP contribution is -2.12. The predicted molar refractivity (Wildman–Crippen MR) is 100 cm³/mol. The molecule has 0 aliphatic rings. The van der Waals surface area contributed by atoms with Gasteiger partial charge < -0.3 is 10.0 Å². The molecule has 2 rings (SSSR count). The number of hydrogen-bond acceptors (Lipinski definition) is 5. The zero-order chi connectivity index (χ0) is 20.5. The summed E-state index contributed by atoms with van der Waals surface area (Å²) in [5, 5.41) is 8.79. The third-order valence-electron chi connectivity index (χ3n) is 4.14. The second kappa shape index (κ2) is 10.6. The molecular weight excluding hydrogens is 371 g/mol. The van der Waals surface area contributed by atoms with Gasteiger partial charge in [0.25, 0.3) is 6.43 Å². The molecule has 0 radical (unpaired) electrons. The fraction of sp³-hybridized carbons (Fsp3) is 0.350. The molecule has 1 aromatic carbocycles. The highest BCUT2D eigenvalue weighted by atomic mass is 19.3. The van der Waals surface area contributed by atoms with Gasteiger partial charge >= 0.3 is 0 Å². The van der Waals surface area contributed by atoms with Gasteiger partial charge in [-0.1, -0.05) is 0 Å². The minimum atomic E-state index is -2.71. The third-order valence-corrected chi connectivity index (χ3v) is 4.14. The maximum absolute atomic E-state index is 14.4. The minimum Gasteiger partial charge on any atom is -0.396 e. The van der Waals surface area contributed by atoms with Crippen molar-refractivity contribution in [3.63, 3.8) is 0 Å². The van der Waals surface area contributed by atoms with Crippen molar-refractivity contribution in [1.29, 1.82) is 0 Å². The molecule has 0 aliphatic carbocycles. The van der Waals surface area contributed by atoms with E-state index >= 15 is 0 Å². The van der Waals surface area contributed by atoms with Crippen molar-refractivity contribution in [1.82, 2.24) is 14.9 Å². The molecule has 0 unspecified atom stereocenters. The van der Waals surface area contributed by atoms with Crippen molar-refractivity contribution >= 4 is 12.4 Å². The van der Waals surface area contributed by atoms with Crippen LogP contribution < -0.4 is 0 Å². The standard InChI is InChI=1S/C20H22F3N3O2/c1-26(6-3-2-4-8-27)7-5-14-9-17(18(21)10-15(14)13-28)20-24-11-16(12-25-20)19(22)23/h5,7,9-13,19,27H,2-4,6,8H2,1H3/b7-5-. The van der Waals surface area contributed by atoms with Gasteiger partial charge in [0.1, 0.15) is 5.82 Å². The highest BCUT2D eigenvalue weighted by molar-refractivity contribution is 5.83. The molecule has 5 nitrogen and oxygen atoms in total. The maximum atomic E-state index is 14.4. The Hall–Kier alpha value is -2.74. The second-order valence-corrected chi connectivity index (χ2v) is 6.30. The first-order chi connectivity index (χ1) is 13.5. The van der Waals surface area contributed by atoms with Crippen LogP contribution >= 0.6 is 0 Å². The summed E-state index contributed by atoms with van der Waals surface area (Å²) in [6.07, 6.45) is 5.75. The van der Waals surface area contributed by atoms with Gasteiger partial charge in [-0.2, -0.15) is 0 Å². The smallest absolute Gasteiger partial charge is 0.266 e. The fourth-order valence-electron chi connectivity index (χ4n) is 2.54. The van der Waals surface area contributed by atoms with Crippen LogP contribution in [0.5, 0.6) is 0 Å². The largest absolute Gasteiger partial charge is 0.396 e. The van der Waals surface area contributed by atoms with E-state index in [4.69, 9.17) is 5.11 Å². The molecule has 0 bridgehead atoms. The van der Waals surface area contributed by atoms with E-state index in [1.165, 1.54) is 6.07 Å². The summed E-state index contributed by atoms with van der Waals surface area (Å²) in [6.45, 7) is 0.931. The monoisotopic (exact) mass is 393 g/mol. The van der Waals surface area contributed by atoms with Crippen LogP contribution in [-0.4, -0.2) is 46.5 Å². The van der Waals surface area contributed by atoms with Crippen LogP contribution in [0, 0.1) is 5.82 Å². The highest BCUT2D eigenvalue weighted by Crippen LogP contribution is 2.25. The van der Waals surface area contributed by atoms with Crippen LogP contribution in [0.4, 0.5) is 13.2 Å². The number of alkyl halides is 2. The van der Waals surface area contributed by atoms with Gasteiger partial charge in [0.2, 0.25) is 0 Å². The number of rotatable bonds is 10. The molecule has 1 aromatic heterocycles. The molecule has 0 saturated carbocycles. The zero-order valence-electron chi connectivity index (χ0n) is 15.5. The lowest BCUT2D eigenvalue weighted by atomic mass is 10.0. The molecule has 0 amide bonds. The number of carbonyl (C=O) groups is 1. The predicted octanol–water partition coefficient (Wildman–Crippen LogP) is 4.10. The normalized spacial score (nSPS) is 11.4. The number of unbranched alkanes of at least 4 members (excludes halogenated alkanes) is 2. The van der Waals surface area contributed by atoms with E-state index in [-0.39, 0.29) is 29.1 Å². The Bertz CT molecular complexity index is 811. The van der Waals surface area contributed by atoms with Crippen molar-refractivity contribution in [3.8, 4) is 11.4 Å². The van der Waals surface area contributed by atoms with E-state index in [0.717, 1.165) is 44.3 Å². The molecule has 0 saturated heterocycles. The summed E-state index contributed by atoms with van der Waals surface area (Å²) in [6, 6.07) is 2.50. The van der Waals surface area contributed by atoms with Gasteiger partial charge in [-0.3, -0.25) is 4.79 Å². The second-order valence-electron chi connectivity index (χ2n) is 6.30. The summed E-state index contributed by atoms with van der Waals surface area (Å²) in [7, 11) is 1.87. The Morgan fingerprint density at radius 2 is 1.86 bits per heavy atom. The van der Waals surface area contributed by atoms with Gasteiger partial charge in [0, 0.05) is 38.2 Å². The van der Waals surface area contributed by atoms with Crippen LogP contribution in [0.1, 0.15) is 47.2 Å². The van der Waals surface area contributed by atoms with Crippen molar-refractivity contribution in [2.75, 3.05) is 20.2 Å². The Kier molecular flexibility index (Phi) is 8.13. The molecule has 1 heterocycles. The molecule has 2 aromatic rings. The summed E-state index contributed by atoms with van der Waals surface area (Å²) in [5.74, 6) is -0.743. The number of benzene rings is 1. The van der Waals surface area contributed by atoms with Crippen molar-refractivity contribution in [2.45, 2.75) is 25.7 Å². The van der Waals surface area contributed by atoms with E-state index in [1.54, 1.807) is 12.3 Å². The molecule has 8 heteroatoms. The van der Waals surface area contributed by atoms with E-state index < -0.39 is 12.2 Å². The Balaban J connectivity index is 2.23. The topological polar surface area (TPSA) is 66.3 Å². The molecule has 1 N–H and O–H groups in total. The number of hydrogen-bond donors (Lipinski definition) is 1. The van der Waals surface area contributed by atoms with Crippen molar-refractivity contribution in [2.24, 2.45) is 0 Å². The third kappa shape index (κ3) is 5.88. The van der Waals surface area contributed by atoms with E-state index in [0.29, 0.717) is 11.8 Å². The fourth-order valence-corrected chi connectivity index (χ4v) is 2.54. The van der Waals surface area contributed by atoms with Crippen LogP contribution in [0.3, 0.4) is 0 Å². The summed E-state index contributed by atoms with van der Waals surface area (Å²) in [5.41, 5.74) is 0.304. The quantitative estimate of drug-likeness (QED) is 0.486. The Labute approximate surface area is 161 Å². The molecule has 0 atom stereocenters. The number of nitrogens with zero attached hydrogens (tertiary/aromatic N) is 3. The Morgan fingerprint density at radius 3 is 2.46 bits per heavy atom. The molecular formula is C20H22F3N3O2. The maximum Gasteiger partial charge on any atom is 0.266 e. The van der Waals surface area contributed by atoms with Gasteiger partial charge in [-0.25, -0.2) is 23.1 Å². The Morgan fingerprint density at radius 1 is 1.14 bits per heavy atom.